The van der Waals surface area contributed by atoms with Crippen LogP contribution in [0.3, 0.4) is 0 Å². The van der Waals surface area contributed by atoms with Gasteiger partial charge in [-0.15, -0.1) is 11.3 Å². The van der Waals surface area contributed by atoms with Crippen LogP contribution in [0.15, 0.2) is 40.7 Å². The van der Waals surface area contributed by atoms with E-state index in [1.165, 1.54) is 4.88 Å². The first kappa shape index (κ1) is 22.4. The first-order chi connectivity index (χ1) is 14.7. The van der Waals surface area contributed by atoms with Crippen molar-refractivity contribution in [2.24, 2.45) is 4.99 Å². The number of morpholine rings is 1. The van der Waals surface area contributed by atoms with Gasteiger partial charge in [-0.05, 0) is 37.4 Å². The summed E-state index contributed by atoms with van der Waals surface area (Å²) in [5.41, 5.74) is 0.897. The van der Waals surface area contributed by atoms with Crippen LogP contribution < -0.4 is 20.1 Å². The largest absolute Gasteiger partial charge is 0.493 e. The smallest absolute Gasteiger partial charge is 0.195 e. The maximum absolute atomic E-state index is 5.61. The third-order valence-electron chi connectivity index (χ3n) is 4.85. The standard InChI is InChI=1S/C22H32N4O3S/c1-4-23-22(25-17-8-9-19(29-5-2)20(15-17)27-3)24-16-18(21-7-6-14-30-21)26-10-12-28-13-11-26/h6-9,14-15,18H,4-5,10-13,16H2,1-3H3,(H2,23,24,25). The first-order valence-corrected chi connectivity index (χ1v) is 11.3. The molecule has 1 fully saturated rings. The van der Waals surface area contributed by atoms with Crippen LogP contribution in [0.5, 0.6) is 11.5 Å². The van der Waals surface area contributed by atoms with Gasteiger partial charge in [0, 0.05) is 36.3 Å². The number of methoxy groups -OCH3 is 1. The lowest BCUT2D eigenvalue weighted by Gasteiger charge is -2.33. The summed E-state index contributed by atoms with van der Waals surface area (Å²) in [6.45, 7) is 9.47. The van der Waals surface area contributed by atoms with Gasteiger partial charge in [-0.2, -0.15) is 0 Å². The van der Waals surface area contributed by atoms with Gasteiger partial charge in [-0.1, -0.05) is 6.07 Å². The molecule has 1 aliphatic heterocycles. The van der Waals surface area contributed by atoms with E-state index < -0.39 is 0 Å². The molecule has 1 aliphatic rings. The number of anilines is 1. The highest BCUT2D eigenvalue weighted by Gasteiger charge is 2.23. The van der Waals surface area contributed by atoms with Gasteiger partial charge < -0.3 is 24.8 Å². The average Bonchev–Trinajstić information content (AvgIpc) is 3.30. The maximum atomic E-state index is 5.61. The Bertz CT molecular complexity index is 792. The Morgan fingerprint density at radius 3 is 2.73 bits per heavy atom. The van der Waals surface area contributed by atoms with Gasteiger partial charge in [0.1, 0.15) is 0 Å². The van der Waals surface area contributed by atoms with E-state index in [1.807, 2.05) is 25.1 Å². The summed E-state index contributed by atoms with van der Waals surface area (Å²) in [4.78, 5) is 8.69. The number of nitrogens with one attached hydrogen (secondary N) is 2. The van der Waals surface area contributed by atoms with E-state index in [0.29, 0.717) is 18.9 Å². The summed E-state index contributed by atoms with van der Waals surface area (Å²) in [6, 6.07) is 10.4. The second kappa shape index (κ2) is 11.8. The van der Waals surface area contributed by atoms with E-state index in [0.717, 1.165) is 50.2 Å². The predicted octanol–water partition coefficient (Wildman–Crippen LogP) is 3.61. The van der Waals surface area contributed by atoms with Gasteiger partial charge in [0.25, 0.3) is 0 Å². The van der Waals surface area contributed by atoms with Crippen molar-refractivity contribution in [3.05, 3.63) is 40.6 Å². The van der Waals surface area contributed by atoms with Gasteiger partial charge in [0.15, 0.2) is 17.5 Å². The Labute approximate surface area is 183 Å². The van der Waals surface area contributed by atoms with Crippen molar-refractivity contribution in [1.29, 1.82) is 0 Å². The zero-order valence-corrected chi connectivity index (χ0v) is 18.8. The molecule has 0 saturated carbocycles. The second-order valence-electron chi connectivity index (χ2n) is 6.82. The van der Waals surface area contributed by atoms with E-state index in [2.05, 4.69) is 40.0 Å². The Balaban J connectivity index is 1.75. The van der Waals surface area contributed by atoms with Crippen molar-refractivity contribution < 1.29 is 14.2 Å². The minimum Gasteiger partial charge on any atom is -0.493 e. The van der Waals surface area contributed by atoms with E-state index in [1.54, 1.807) is 18.4 Å². The van der Waals surface area contributed by atoms with Crippen LogP contribution in [0.1, 0.15) is 24.8 Å². The van der Waals surface area contributed by atoms with Crippen molar-refractivity contribution in [2.45, 2.75) is 19.9 Å². The molecule has 1 atom stereocenters. The lowest BCUT2D eigenvalue weighted by molar-refractivity contribution is 0.0187. The van der Waals surface area contributed by atoms with Crippen molar-refractivity contribution in [2.75, 3.05) is 58.4 Å². The fraction of sp³-hybridized carbons (Fsp3) is 0.500. The molecule has 0 bridgehead atoms. The van der Waals surface area contributed by atoms with Gasteiger partial charge in [-0.25, -0.2) is 0 Å². The average molecular weight is 433 g/mol. The third kappa shape index (κ3) is 6.10. The highest BCUT2D eigenvalue weighted by molar-refractivity contribution is 7.10. The van der Waals surface area contributed by atoms with E-state index in [9.17, 15) is 0 Å². The number of rotatable bonds is 9. The lowest BCUT2D eigenvalue weighted by Crippen LogP contribution is -2.40. The molecular formula is C22H32N4O3S. The predicted molar refractivity (Wildman–Crippen MR) is 123 cm³/mol. The number of aliphatic imine (C=N–C) groups is 1. The number of nitrogens with zero attached hydrogens (tertiary/aromatic N) is 2. The maximum Gasteiger partial charge on any atom is 0.195 e. The number of ether oxygens (including phenoxy) is 3. The van der Waals surface area contributed by atoms with Crippen LogP contribution in [-0.4, -0.2) is 64.0 Å². The summed E-state index contributed by atoms with van der Waals surface area (Å²) >= 11 is 1.78. The fourth-order valence-electron chi connectivity index (χ4n) is 3.40. The van der Waals surface area contributed by atoms with Crippen LogP contribution in [-0.2, 0) is 4.74 Å². The molecule has 30 heavy (non-hydrogen) atoms. The number of benzene rings is 1. The number of hydrogen-bond acceptors (Lipinski definition) is 6. The molecular weight excluding hydrogens is 400 g/mol. The van der Waals surface area contributed by atoms with Gasteiger partial charge in [0.05, 0.1) is 39.5 Å². The molecule has 3 rings (SSSR count). The molecule has 1 aromatic carbocycles. The molecule has 8 heteroatoms. The number of hydrogen-bond donors (Lipinski definition) is 2. The van der Waals surface area contributed by atoms with Crippen LogP contribution >= 0.6 is 11.3 Å². The minimum absolute atomic E-state index is 0.249. The highest BCUT2D eigenvalue weighted by atomic mass is 32.1. The van der Waals surface area contributed by atoms with Gasteiger partial charge in [0.2, 0.25) is 0 Å². The SMILES string of the molecule is CCNC(=NCC(c1cccs1)N1CCOCC1)Nc1ccc(OCC)c(OC)c1. The summed E-state index contributed by atoms with van der Waals surface area (Å²) < 4.78 is 16.6. The number of thiophene rings is 1. The number of guanidine groups is 1. The summed E-state index contributed by atoms with van der Waals surface area (Å²) in [5, 5.41) is 8.86. The van der Waals surface area contributed by atoms with Crippen LogP contribution in [0.2, 0.25) is 0 Å². The Morgan fingerprint density at radius 2 is 2.07 bits per heavy atom. The van der Waals surface area contributed by atoms with E-state index in [4.69, 9.17) is 19.2 Å². The fourth-order valence-corrected chi connectivity index (χ4v) is 4.25. The molecule has 1 unspecified atom stereocenters. The van der Waals surface area contributed by atoms with Crippen LogP contribution in [0, 0.1) is 0 Å². The molecule has 2 aromatic rings. The van der Waals surface area contributed by atoms with Gasteiger partial charge in [-0.3, -0.25) is 9.89 Å². The van der Waals surface area contributed by atoms with E-state index >= 15 is 0 Å². The zero-order valence-electron chi connectivity index (χ0n) is 18.0. The molecule has 164 valence electrons. The summed E-state index contributed by atoms with van der Waals surface area (Å²) in [5.74, 6) is 2.18. The summed E-state index contributed by atoms with van der Waals surface area (Å²) in [7, 11) is 1.65. The topological polar surface area (TPSA) is 67.4 Å². The molecule has 2 N–H and O–H groups in total. The lowest BCUT2D eigenvalue weighted by atomic mass is 10.2. The second-order valence-corrected chi connectivity index (χ2v) is 7.80. The normalized spacial score (nSPS) is 16.2. The molecule has 2 heterocycles. The minimum atomic E-state index is 0.249. The third-order valence-corrected chi connectivity index (χ3v) is 5.82. The van der Waals surface area contributed by atoms with Crippen molar-refractivity contribution in [3.63, 3.8) is 0 Å². The zero-order chi connectivity index (χ0) is 21.2. The van der Waals surface area contributed by atoms with Crippen LogP contribution in [0.4, 0.5) is 5.69 Å². The molecule has 0 radical (unpaired) electrons. The first-order valence-electron chi connectivity index (χ1n) is 10.5. The molecule has 0 aliphatic carbocycles. The Hall–Kier alpha value is -2.29. The quantitative estimate of drug-likeness (QED) is 0.466. The Kier molecular flexibility index (Phi) is 8.80. The molecule has 0 amide bonds. The van der Waals surface area contributed by atoms with Crippen molar-refractivity contribution in [1.82, 2.24) is 10.2 Å². The van der Waals surface area contributed by atoms with Gasteiger partial charge >= 0.3 is 0 Å². The van der Waals surface area contributed by atoms with Crippen LogP contribution in [0.25, 0.3) is 0 Å². The molecule has 1 aromatic heterocycles. The highest BCUT2D eigenvalue weighted by Crippen LogP contribution is 2.30. The molecule has 1 saturated heterocycles. The van der Waals surface area contributed by atoms with E-state index in [-0.39, 0.29) is 6.04 Å². The monoisotopic (exact) mass is 432 g/mol. The summed E-state index contributed by atoms with van der Waals surface area (Å²) in [6.07, 6.45) is 0. The van der Waals surface area contributed by atoms with Crippen molar-refractivity contribution >= 4 is 23.0 Å². The Morgan fingerprint density at radius 1 is 1.23 bits per heavy atom. The molecule has 0 spiro atoms. The van der Waals surface area contributed by atoms with Crippen molar-refractivity contribution in [3.8, 4) is 11.5 Å². The molecule has 7 nitrogen and oxygen atoms in total.